The molecule has 0 saturated carbocycles. The van der Waals surface area contributed by atoms with Gasteiger partial charge in [0.25, 0.3) is 0 Å². The number of hydrogen-bond donors (Lipinski definition) is 2. The van der Waals surface area contributed by atoms with Crippen LogP contribution in [-0.2, 0) is 6.61 Å². The monoisotopic (exact) mass is 343 g/mol. The molecule has 0 radical (unpaired) electrons. The van der Waals surface area contributed by atoms with Gasteiger partial charge >= 0.3 is 0 Å². The summed E-state index contributed by atoms with van der Waals surface area (Å²) in [6.07, 6.45) is 1.59. The highest BCUT2D eigenvalue weighted by atomic mass is 16.3. The quantitative estimate of drug-likeness (QED) is 0.561. The number of hydrogen-bond acceptors (Lipinski definition) is 6. The van der Waals surface area contributed by atoms with Crippen LogP contribution in [-0.4, -0.2) is 34.2 Å². The summed E-state index contributed by atoms with van der Waals surface area (Å²) in [6.45, 7) is 5.50. The zero-order valence-electron chi connectivity index (χ0n) is 14.7. The molecule has 1 aliphatic rings. The number of fused-ring (bicyclic) bond motifs is 1. The fourth-order valence-corrected chi connectivity index (χ4v) is 3.46. The third kappa shape index (κ3) is 3.87. The fourth-order valence-electron chi connectivity index (χ4n) is 3.46. The van der Waals surface area contributed by atoms with Gasteiger partial charge in [0.1, 0.15) is 0 Å². The largest absolute Gasteiger partial charge is 0.392 e. The molecule has 7 heteroatoms. The van der Waals surface area contributed by atoms with Crippen molar-refractivity contribution >= 4 is 10.9 Å². The highest BCUT2D eigenvalue weighted by molar-refractivity contribution is 5.81. The zero-order chi connectivity index (χ0) is 17.8. The first-order chi connectivity index (χ1) is 12.1. The van der Waals surface area contributed by atoms with E-state index in [-0.39, 0.29) is 18.7 Å². The molecule has 2 atom stereocenters. The maximum atomic E-state index is 10.2. The molecule has 1 aliphatic heterocycles. The summed E-state index contributed by atoms with van der Waals surface area (Å²) in [4.78, 5) is 13.7. The van der Waals surface area contributed by atoms with Crippen LogP contribution in [0.3, 0.4) is 0 Å². The highest BCUT2D eigenvalue weighted by Crippen LogP contribution is 2.33. The van der Waals surface area contributed by atoms with E-state index >= 15 is 0 Å². The number of aromatic amines is 1. The Kier molecular flexibility index (Phi) is 5.43. The number of aromatic nitrogens is 1. The number of nitroso groups, excluding NO2 is 1. The average molecular weight is 343 g/mol. The zero-order valence-corrected chi connectivity index (χ0v) is 14.7. The van der Waals surface area contributed by atoms with Gasteiger partial charge in [-0.25, -0.2) is 0 Å². The average Bonchev–Trinajstić information content (AvgIpc) is 3.21. The second-order valence-corrected chi connectivity index (χ2v) is 6.97. The van der Waals surface area contributed by atoms with Crippen molar-refractivity contribution in [2.45, 2.75) is 45.4 Å². The van der Waals surface area contributed by atoms with Gasteiger partial charge in [-0.15, -0.1) is 0 Å². The normalized spacial score (nSPS) is 18.4. The van der Waals surface area contributed by atoms with Gasteiger partial charge in [-0.2, -0.15) is 10.0 Å². The predicted molar refractivity (Wildman–Crippen MR) is 97.0 cm³/mol. The van der Waals surface area contributed by atoms with Gasteiger partial charge < -0.3 is 10.1 Å². The van der Waals surface area contributed by atoms with E-state index in [1.165, 1.54) is 0 Å². The molecular formula is C18H25N5O2. The minimum atomic E-state index is 0.0434. The van der Waals surface area contributed by atoms with Crippen LogP contribution in [0.25, 0.3) is 10.9 Å². The Morgan fingerprint density at radius 3 is 2.96 bits per heavy atom. The Morgan fingerprint density at radius 2 is 2.24 bits per heavy atom. The van der Waals surface area contributed by atoms with Crippen LogP contribution in [0.5, 0.6) is 0 Å². The van der Waals surface area contributed by atoms with E-state index < -0.39 is 0 Å². The topological polar surface area (TPSA) is 93.4 Å². The van der Waals surface area contributed by atoms with Crippen LogP contribution in [0.2, 0.25) is 0 Å². The second kappa shape index (κ2) is 7.74. The lowest BCUT2D eigenvalue weighted by Gasteiger charge is -2.28. The van der Waals surface area contributed by atoms with Gasteiger partial charge in [0.05, 0.1) is 31.8 Å². The molecule has 25 heavy (non-hydrogen) atoms. The number of rotatable bonds is 8. The van der Waals surface area contributed by atoms with E-state index in [1.807, 2.05) is 23.2 Å². The molecular weight excluding hydrogens is 318 g/mol. The maximum absolute atomic E-state index is 10.2. The van der Waals surface area contributed by atoms with Gasteiger partial charge in [0.2, 0.25) is 0 Å². The first kappa shape index (κ1) is 17.5. The number of H-pyrrole nitrogens is 1. The Morgan fingerprint density at radius 1 is 1.40 bits per heavy atom. The van der Waals surface area contributed by atoms with E-state index in [0.717, 1.165) is 41.5 Å². The molecule has 2 N–H and O–H groups in total. The van der Waals surface area contributed by atoms with E-state index in [2.05, 4.69) is 40.4 Å². The number of nitrogens with one attached hydrogen (secondary N) is 1. The molecule has 0 spiro atoms. The molecule has 0 fully saturated rings. The van der Waals surface area contributed by atoms with Gasteiger partial charge in [-0.05, 0) is 42.5 Å². The number of aliphatic hydroxyl groups excluding tert-OH is 1. The minimum absolute atomic E-state index is 0.0434. The molecule has 2 unspecified atom stereocenters. The van der Waals surface area contributed by atoms with E-state index in [4.69, 9.17) is 0 Å². The van der Waals surface area contributed by atoms with Crippen LogP contribution in [0.4, 0.5) is 0 Å². The first-order valence-electron chi connectivity index (χ1n) is 8.81. The molecule has 3 rings (SSSR count). The predicted octanol–water partition coefficient (Wildman–Crippen LogP) is 3.96. The summed E-state index contributed by atoms with van der Waals surface area (Å²) < 4.78 is 0. The lowest BCUT2D eigenvalue weighted by molar-refractivity contribution is 0.169. The molecule has 7 nitrogen and oxygen atoms in total. The molecule has 1 aromatic heterocycles. The molecule has 0 amide bonds. The lowest BCUT2D eigenvalue weighted by atomic mass is 9.99. The SMILES string of the molecule is CC(C)C(c1cc2cc(CO)ccc2[nH]1)N1CC(CCCN=O)N=N1. The van der Waals surface area contributed by atoms with Crippen molar-refractivity contribution in [1.82, 2.24) is 9.99 Å². The Bertz CT molecular complexity index is 755. The minimum Gasteiger partial charge on any atom is -0.392 e. The molecule has 2 aromatic rings. The molecule has 0 saturated heterocycles. The molecule has 2 heterocycles. The van der Waals surface area contributed by atoms with Crippen molar-refractivity contribution in [3.05, 3.63) is 40.4 Å². The third-order valence-corrected chi connectivity index (χ3v) is 4.67. The van der Waals surface area contributed by atoms with Crippen molar-refractivity contribution in [3.63, 3.8) is 0 Å². The Labute approximate surface area is 147 Å². The van der Waals surface area contributed by atoms with Gasteiger partial charge in [-0.3, -0.25) is 5.01 Å². The van der Waals surface area contributed by atoms with E-state index in [0.29, 0.717) is 12.5 Å². The van der Waals surface area contributed by atoms with Crippen molar-refractivity contribution in [2.24, 2.45) is 21.4 Å². The van der Waals surface area contributed by atoms with Crippen LogP contribution < -0.4 is 0 Å². The van der Waals surface area contributed by atoms with Crippen LogP contribution in [0, 0.1) is 10.8 Å². The smallest absolute Gasteiger partial charge is 0.0922 e. The molecule has 0 bridgehead atoms. The van der Waals surface area contributed by atoms with Crippen LogP contribution in [0.1, 0.15) is 44.0 Å². The van der Waals surface area contributed by atoms with Crippen LogP contribution in [0.15, 0.2) is 39.8 Å². The van der Waals surface area contributed by atoms with Crippen molar-refractivity contribution in [3.8, 4) is 0 Å². The lowest BCUT2D eigenvalue weighted by Crippen LogP contribution is -2.29. The van der Waals surface area contributed by atoms with Crippen molar-refractivity contribution < 1.29 is 5.11 Å². The number of benzene rings is 1. The van der Waals surface area contributed by atoms with Gasteiger partial charge in [0, 0.05) is 16.6 Å². The third-order valence-electron chi connectivity index (χ3n) is 4.67. The van der Waals surface area contributed by atoms with Crippen molar-refractivity contribution in [2.75, 3.05) is 13.1 Å². The van der Waals surface area contributed by atoms with Crippen molar-refractivity contribution in [1.29, 1.82) is 0 Å². The van der Waals surface area contributed by atoms with E-state index in [9.17, 15) is 10.0 Å². The molecule has 1 aromatic carbocycles. The van der Waals surface area contributed by atoms with Crippen LogP contribution >= 0.6 is 0 Å². The summed E-state index contributed by atoms with van der Waals surface area (Å²) in [5.74, 6) is 0.361. The standard InChI is InChI=1S/C18H25N5O2/c1-12(2)18(23-10-15(21-22-23)4-3-7-19-25)17-9-14-8-13(11-24)5-6-16(14)20-17/h5-6,8-9,12,15,18,20,24H,3-4,7,10-11H2,1-2H3. The summed E-state index contributed by atoms with van der Waals surface area (Å²) in [6, 6.07) is 8.32. The second-order valence-electron chi connectivity index (χ2n) is 6.97. The fraction of sp³-hybridized carbons (Fsp3) is 0.556. The molecule has 0 aliphatic carbocycles. The van der Waals surface area contributed by atoms with Gasteiger partial charge in [0.15, 0.2) is 0 Å². The van der Waals surface area contributed by atoms with Gasteiger partial charge in [-0.1, -0.05) is 30.3 Å². The summed E-state index contributed by atoms with van der Waals surface area (Å²) in [5, 5.41) is 24.1. The summed E-state index contributed by atoms with van der Waals surface area (Å²) in [5.41, 5.74) is 3.07. The Balaban J connectivity index is 1.78. The molecule has 134 valence electrons. The van der Waals surface area contributed by atoms with E-state index in [1.54, 1.807) is 0 Å². The summed E-state index contributed by atoms with van der Waals surface area (Å²) in [7, 11) is 0. The maximum Gasteiger partial charge on any atom is 0.0922 e. The Hall–Kier alpha value is -2.28. The number of nitrogens with zero attached hydrogens (tertiary/aromatic N) is 4. The highest BCUT2D eigenvalue weighted by Gasteiger charge is 2.30. The summed E-state index contributed by atoms with van der Waals surface area (Å²) >= 11 is 0. The number of aliphatic hydroxyl groups is 1. The first-order valence-corrected chi connectivity index (χ1v) is 8.81.